The molecule has 0 spiro atoms. The van der Waals surface area contributed by atoms with E-state index < -0.39 is 0 Å². The summed E-state index contributed by atoms with van der Waals surface area (Å²) in [6.45, 7) is 1.99. The molecule has 19 heavy (non-hydrogen) atoms. The maximum atomic E-state index is 5.49. The van der Waals surface area contributed by atoms with Crippen LogP contribution in [0.2, 0.25) is 0 Å². The minimum absolute atomic E-state index is 0.325. The Bertz CT molecular complexity index is 447. The van der Waals surface area contributed by atoms with Crippen molar-refractivity contribution in [1.82, 2.24) is 9.97 Å². The molecule has 0 amide bonds. The van der Waals surface area contributed by atoms with Crippen LogP contribution in [0.4, 0.5) is 11.6 Å². The molecule has 3 rings (SSSR count). The zero-order valence-corrected chi connectivity index (χ0v) is 11.7. The lowest BCUT2D eigenvalue weighted by molar-refractivity contribution is 0.0891. The second-order valence-electron chi connectivity index (χ2n) is 5.44. The van der Waals surface area contributed by atoms with E-state index in [2.05, 4.69) is 15.2 Å². The predicted molar refractivity (Wildman–Crippen MR) is 75.8 cm³/mol. The molecule has 1 saturated carbocycles. The Labute approximate surface area is 114 Å². The fourth-order valence-corrected chi connectivity index (χ4v) is 2.61. The summed E-state index contributed by atoms with van der Waals surface area (Å²) in [6, 6.07) is 2.05. The van der Waals surface area contributed by atoms with Crippen LogP contribution in [-0.4, -0.2) is 43.3 Å². The molecule has 1 N–H and O–H groups in total. The number of hydrogen-bond acceptors (Lipinski definition) is 5. The topological polar surface area (TPSA) is 50.3 Å². The molecule has 1 unspecified atom stereocenters. The highest BCUT2D eigenvalue weighted by Crippen LogP contribution is 2.39. The number of ether oxygens (including phenoxy) is 1. The van der Waals surface area contributed by atoms with Crippen molar-refractivity contribution in [1.29, 1.82) is 0 Å². The molecule has 1 aliphatic carbocycles. The largest absolute Gasteiger partial charge is 0.380 e. The van der Waals surface area contributed by atoms with Crippen LogP contribution in [0.3, 0.4) is 0 Å². The number of piperidine rings is 1. The van der Waals surface area contributed by atoms with Crippen LogP contribution >= 0.6 is 0 Å². The van der Waals surface area contributed by atoms with E-state index in [0.29, 0.717) is 12.0 Å². The molecule has 5 nitrogen and oxygen atoms in total. The third-order valence-corrected chi connectivity index (χ3v) is 3.96. The number of anilines is 2. The minimum Gasteiger partial charge on any atom is -0.380 e. The number of rotatable bonds is 4. The van der Waals surface area contributed by atoms with E-state index in [9.17, 15) is 0 Å². The molecule has 5 heteroatoms. The molecule has 0 aromatic carbocycles. The molecule has 2 heterocycles. The molecule has 2 aliphatic rings. The summed E-state index contributed by atoms with van der Waals surface area (Å²) in [4.78, 5) is 11.6. The summed E-state index contributed by atoms with van der Waals surface area (Å²) < 4.78 is 5.49. The van der Waals surface area contributed by atoms with Gasteiger partial charge < -0.3 is 15.0 Å². The standard InChI is InChI=1S/C14H22N4O/c1-15-12-8-13(17-14(16-12)10-5-6-10)18-7-3-4-11(9-18)19-2/h8,10-11H,3-7,9H2,1-2H3,(H,15,16,17). The Balaban J connectivity index is 1.84. The number of aromatic nitrogens is 2. The van der Waals surface area contributed by atoms with Crippen molar-refractivity contribution in [3.8, 4) is 0 Å². The zero-order valence-electron chi connectivity index (χ0n) is 11.7. The maximum absolute atomic E-state index is 5.49. The quantitative estimate of drug-likeness (QED) is 0.899. The molecule has 1 atom stereocenters. The van der Waals surface area contributed by atoms with Crippen LogP contribution in [0.5, 0.6) is 0 Å². The summed E-state index contributed by atoms with van der Waals surface area (Å²) >= 11 is 0. The molecule has 0 bridgehead atoms. The van der Waals surface area contributed by atoms with Crippen LogP contribution in [0.15, 0.2) is 6.07 Å². The molecule has 1 aromatic heterocycles. The SMILES string of the molecule is CNc1cc(N2CCCC(OC)C2)nc(C2CC2)n1. The van der Waals surface area contributed by atoms with E-state index in [1.807, 2.05) is 13.1 Å². The van der Waals surface area contributed by atoms with Gasteiger partial charge in [0.15, 0.2) is 0 Å². The first-order chi connectivity index (χ1) is 9.30. The van der Waals surface area contributed by atoms with Gasteiger partial charge in [0.05, 0.1) is 6.10 Å². The Morgan fingerprint density at radius 1 is 1.32 bits per heavy atom. The Kier molecular flexibility index (Phi) is 3.55. The van der Waals surface area contributed by atoms with E-state index in [4.69, 9.17) is 9.72 Å². The van der Waals surface area contributed by atoms with Crippen LogP contribution in [0, 0.1) is 0 Å². The molecule has 0 radical (unpaired) electrons. The normalized spacial score (nSPS) is 23.5. The van der Waals surface area contributed by atoms with Gasteiger partial charge in [-0.05, 0) is 25.7 Å². The van der Waals surface area contributed by atoms with Crippen LogP contribution in [0.25, 0.3) is 0 Å². The first-order valence-corrected chi connectivity index (χ1v) is 7.14. The minimum atomic E-state index is 0.325. The van der Waals surface area contributed by atoms with Crippen molar-refractivity contribution in [2.24, 2.45) is 0 Å². The van der Waals surface area contributed by atoms with Crippen molar-refractivity contribution < 1.29 is 4.74 Å². The summed E-state index contributed by atoms with van der Waals surface area (Å²) in [5, 5.41) is 3.15. The van der Waals surface area contributed by atoms with Gasteiger partial charge in [-0.15, -0.1) is 0 Å². The lowest BCUT2D eigenvalue weighted by atomic mass is 10.1. The molecular weight excluding hydrogens is 240 g/mol. The number of nitrogens with one attached hydrogen (secondary N) is 1. The van der Waals surface area contributed by atoms with Gasteiger partial charge in [-0.2, -0.15) is 0 Å². The van der Waals surface area contributed by atoms with Gasteiger partial charge in [-0.3, -0.25) is 0 Å². The van der Waals surface area contributed by atoms with E-state index in [0.717, 1.165) is 43.4 Å². The Morgan fingerprint density at radius 2 is 2.16 bits per heavy atom. The van der Waals surface area contributed by atoms with E-state index in [1.165, 1.54) is 12.8 Å². The molecule has 1 saturated heterocycles. The van der Waals surface area contributed by atoms with Crippen molar-refractivity contribution in [3.05, 3.63) is 11.9 Å². The smallest absolute Gasteiger partial charge is 0.136 e. The fourth-order valence-electron chi connectivity index (χ4n) is 2.61. The van der Waals surface area contributed by atoms with Gasteiger partial charge in [0, 0.05) is 39.2 Å². The van der Waals surface area contributed by atoms with Gasteiger partial charge in [0.2, 0.25) is 0 Å². The predicted octanol–water partition coefficient (Wildman–Crippen LogP) is 2.01. The zero-order chi connectivity index (χ0) is 13.2. The van der Waals surface area contributed by atoms with E-state index in [-0.39, 0.29) is 0 Å². The molecule has 104 valence electrons. The number of nitrogens with zero attached hydrogens (tertiary/aromatic N) is 3. The Hall–Kier alpha value is -1.36. The summed E-state index contributed by atoms with van der Waals surface area (Å²) in [5.74, 6) is 3.55. The number of methoxy groups -OCH3 is 1. The monoisotopic (exact) mass is 262 g/mol. The van der Waals surface area contributed by atoms with Crippen LogP contribution in [-0.2, 0) is 4.74 Å². The highest BCUT2D eigenvalue weighted by Gasteiger charge is 2.28. The average molecular weight is 262 g/mol. The van der Waals surface area contributed by atoms with Crippen molar-refractivity contribution in [2.75, 3.05) is 37.5 Å². The summed E-state index contributed by atoms with van der Waals surface area (Å²) in [5.41, 5.74) is 0. The maximum Gasteiger partial charge on any atom is 0.136 e. The lowest BCUT2D eigenvalue weighted by Crippen LogP contribution is -2.39. The van der Waals surface area contributed by atoms with Gasteiger partial charge in [0.1, 0.15) is 17.5 Å². The number of hydrogen-bond donors (Lipinski definition) is 1. The fraction of sp³-hybridized carbons (Fsp3) is 0.714. The summed E-state index contributed by atoms with van der Waals surface area (Å²) in [6.07, 6.45) is 5.09. The molecular formula is C14H22N4O. The second kappa shape index (κ2) is 5.33. The van der Waals surface area contributed by atoms with Gasteiger partial charge >= 0.3 is 0 Å². The van der Waals surface area contributed by atoms with E-state index in [1.54, 1.807) is 7.11 Å². The van der Waals surface area contributed by atoms with Crippen molar-refractivity contribution in [2.45, 2.75) is 37.7 Å². The highest BCUT2D eigenvalue weighted by molar-refractivity contribution is 5.50. The van der Waals surface area contributed by atoms with E-state index >= 15 is 0 Å². The summed E-state index contributed by atoms with van der Waals surface area (Å²) in [7, 11) is 3.71. The molecule has 1 aliphatic heterocycles. The Morgan fingerprint density at radius 3 is 2.84 bits per heavy atom. The van der Waals surface area contributed by atoms with Gasteiger partial charge in [0.25, 0.3) is 0 Å². The van der Waals surface area contributed by atoms with Gasteiger partial charge in [-0.25, -0.2) is 9.97 Å². The van der Waals surface area contributed by atoms with Crippen molar-refractivity contribution >= 4 is 11.6 Å². The third kappa shape index (κ3) is 2.81. The average Bonchev–Trinajstić information content (AvgIpc) is 3.31. The second-order valence-corrected chi connectivity index (χ2v) is 5.44. The molecule has 2 fully saturated rings. The molecule has 1 aromatic rings. The van der Waals surface area contributed by atoms with Gasteiger partial charge in [-0.1, -0.05) is 0 Å². The third-order valence-electron chi connectivity index (χ3n) is 3.96. The lowest BCUT2D eigenvalue weighted by Gasteiger charge is -2.33. The van der Waals surface area contributed by atoms with Crippen molar-refractivity contribution in [3.63, 3.8) is 0 Å². The van der Waals surface area contributed by atoms with Crippen LogP contribution in [0.1, 0.15) is 37.4 Å². The first-order valence-electron chi connectivity index (χ1n) is 7.14. The van der Waals surface area contributed by atoms with Crippen LogP contribution < -0.4 is 10.2 Å². The first kappa shape index (κ1) is 12.7. The highest BCUT2D eigenvalue weighted by atomic mass is 16.5.